The lowest BCUT2D eigenvalue weighted by Gasteiger charge is -2.19. The van der Waals surface area contributed by atoms with E-state index in [1.807, 2.05) is 13.8 Å². The summed E-state index contributed by atoms with van der Waals surface area (Å²) in [5, 5.41) is 2.73. The van der Waals surface area contributed by atoms with E-state index in [-0.39, 0.29) is 12.1 Å². The van der Waals surface area contributed by atoms with E-state index >= 15 is 0 Å². The molecule has 0 aliphatic carbocycles. The molecule has 3 nitrogen and oxygen atoms in total. The maximum absolute atomic E-state index is 12.8. The Morgan fingerprint density at radius 1 is 1.30 bits per heavy atom. The van der Waals surface area contributed by atoms with Crippen LogP contribution in [0.3, 0.4) is 0 Å². The Morgan fingerprint density at radius 2 is 1.95 bits per heavy atom. The fourth-order valence-corrected chi connectivity index (χ4v) is 2.37. The summed E-state index contributed by atoms with van der Waals surface area (Å²) in [4.78, 5) is 13.4. The van der Waals surface area contributed by atoms with Gasteiger partial charge in [-0.05, 0) is 38.5 Å². The number of benzene rings is 1. The largest absolute Gasteiger partial charge is 0.416 e. The molecule has 1 saturated heterocycles. The number of aryl methyl sites for hydroxylation is 1. The summed E-state index contributed by atoms with van der Waals surface area (Å²) >= 11 is 0. The molecule has 20 heavy (non-hydrogen) atoms. The predicted molar refractivity (Wildman–Crippen MR) is 69.3 cm³/mol. The minimum atomic E-state index is -4.37. The quantitative estimate of drug-likeness (QED) is 0.887. The molecule has 2 amide bonds. The zero-order chi connectivity index (χ0) is 15.1. The fourth-order valence-electron chi connectivity index (χ4n) is 2.37. The van der Waals surface area contributed by atoms with Gasteiger partial charge in [0.2, 0.25) is 0 Å². The van der Waals surface area contributed by atoms with Crippen molar-refractivity contribution in [3.8, 4) is 0 Å². The number of hydrogen-bond acceptors (Lipinski definition) is 1. The maximum Gasteiger partial charge on any atom is 0.416 e. The summed E-state index contributed by atoms with van der Waals surface area (Å²) in [6.07, 6.45) is -4.37. The van der Waals surface area contributed by atoms with Gasteiger partial charge in [0.15, 0.2) is 0 Å². The highest BCUT2D eigenvalue weighted by molar-refractivity contribution is 5.77. The Morgan fingerprint density at radius 3 is 2.45 bits per heavy atom. The SMILES string of the molecule is Cc1cc(C2CN(C(C)C)C(=O)N2)cc(C(F)(F)F)c1. The number of halogens is 3. The molecule has 0 bridgehead atoms. The Kier molecular flexibility index (Phi) is 3.67. The lowest BCUT2D eigenvalue weighted by molar-refractivity contribution is -0.137. The van der Waals surface area contributed by atoms with E-state index in [1.165, 1.54) is 0 Å². The Balaban J connectivity index is 2.31. The second kappa shape index (κ2) is 5.00. The van der Waals surface area contributed by atoms with Gasteiger partial charge in [0.25, 0.3) is 0 Å². The van der Waals surface area contributed by atoms with Crippen molar-refractivity contribution in [1.82, 2.24) is 10.2 Å². The number of carbonyl (C=O) groups excluding carboxylic acids is 1. The van der Waals surface area contributed by atoms with Gasteiger partial charge in [-0.1, -0.05) is 11.6 Å². The Bertz CT molecular complexity index is 526. The minimum Gasteiger partial charge on any atom is -0.329 e. The van der Waals surface area contributed by atoms with Crippen LogP contribution in [0.4, 0.5) is 18.0 Å². The third-order valence-electron chi connectivity index (χ3n) is 3.39. The van der Waals surface area contributed by atoms with Crippen molar-refractivity contribution in [2.24, 2.45) is 0 Å². The lowest BCUT2D eigenvalue weighted by Crippen LogP contribution is -2.33. The average Bonchev–Trinajstić information content (AvgIpc) is 2.69. The van der Waals surface area contributed by atoms with Crippen molar-refractivity contribution in [2.45, 2.75) is 39.0 Å². The number of hydrogen-bond donors (Lipinski definition) is 1. The smallest absolute Gasteiger partial charge is 0.329 e. The van der Waals surface area contributed by atoms with Gasteiger partial charge in [0.1, 0.15) is 0 Å². The molecule has 6 heteroatoms. The number of nitrogens with zero attached hydrogens (tertiary/aromatic N) is 1. The maximum atomic E-state index is 12.8. The van der Waals surface area contributed by atoms with Crippen LogP contribution in [0.25, 0.3) is 0 Å². The third kappa shape index (κ3) is 2.89. The van der Waals surface area contributed by atoms with Crippen LogP contribution in [0.2, 0.25) is 0 Å². The number of nitrogens with one attached hydrogen (secondary N) is 1. The zero-order valence-corrected chi connectivity index (χ0v) is 11.6. The van der Waals surface area contributed by atoms with Gasteiger partial charge in [-0.3, -0.25) is 0 Å². The zero-order valence-electron chi connectivity index (χ0n) is 11.6. The highest BCUT2D eigenvalue weighted by Crippen LogP contribution is 2.33. The van der Waals surface area contributed by atoms with Crippen molar-refractivity contribution < 1.29 is 18.0 Å². The molecule has 1 aromatic carbocycles. The van der Waals surface area contributed by atoms with Gasteiger partial charge >= 0.3 is 12.2 Å². The van der Waals surface area contributed by atoms with Crippen LogP contribution in [-0.2, 0) is 6.18 Å². The molecule has 1 aromatic rings. The van der Waals surface area contributed by atoms with Gasteiger partial charge in [0.05, 0.1) is 11.6 Å². The molecule has 1 atom stereocenters. The summed E-state index contributed by atoms with van der Waals surface area (Å²) < 4.78 is 38.5. The summed E-state index contributed by atoms with van der Waals surface area (Å²) in [6.45, 7) is 5.76. The van der Waals surface area contributed by atoms with E-state index in [9.17, 15) is 18.0 Å². The number of rotatable bonds is 2. The van der Waals surface area contributed by atoms with E-state index in [4.69, 9.17) is 0 Å². The van der Waals surface area contributed by atoms with Crippen LogP contribution in [-0.4, -0.2) is 23.5 Å². The molecular formula is C14H17F3N2O. The first-order valence-corrected chi connectivity index (χ1v) is 6.44. The molecule has 2 rings (SSSR count). The number of alkyl halides is 3. The van der Waals surface area contributed by atoms with Gasteiger partial charge in [-0.25, -0.2) is 4.79 Å². The molecule has 0 radical (unpaired) electrons. The fraction of sp³-hybridized carbons (Fsp3) is 0.500. The summed E-state index contributed by atoms with van der Waals surface area (Å²) in [6, 6.07) is 3.30. The summed E-state index contributed by atoms with van der Waals surface area (Å²) in [7, 11) is 0. The molecule has 0 aromatic heterocycles. The molecular weight excluding hydrogens is 269 g/mol. The molecule has 1 aliphatic rings. The molecule has 1 N–H and O–H groups in total. The highest BCUT2D eigenvalue weighted by atomic mass is 19.4. The van der Waals surface area contributed by atoms with E-state index < -0.39 is 17.8 Å². The Labute approximate surface area is 115 Å². The lowest BCUT2D eigenvalue weighted by atomic mass is 10.0. The molecule has 0 saturated carbocycles. The molecule has 1 heterocycles. The van der Waals surface area contributed by atoms with Crippen LogP contribution in [0, 0.1) is 6.92 Å². The number of urea groups is 1. The van der Waals surface area contributed by atoms with Crippen molar-refractivity contribution in [3.05, 3.63) is 34.9 Å². The number of amides is 2. The minimum absolute atomic E-state index is 0.0203. The summed E-state index contributed by atoms with van der Waals surface area (Å²) in [5.74, 6) is 0. The second-order valence-electron chi connectivity index (χ2n) is 5.38. The summed E-state index contributed by atoms with van der Waals surface area (Å²) in [5.41, 5.74) is 0.352. The van der Waals surface area contributed by atoms with E-state index in [1.54, 1.807) is 17.9 Å². The van der Waals surface area contributed by atoms with Crippen LogP contribution < -0.4 is 5.32 Å². The van der Waals surface area contributed by atoms with Crippen molar-refractivity contribution >= 4 is 6.03 Å². The van der Waals surface area contributed by atoms with E-state index in [0.717, 1.165) is 12.1 Å². The van der Waals surface area contributed by atoms with Crippen LogP contribution >= 0.6 is 0 Å². The predicted octanol–water partition coefficient (Wildman–Crippen LogP) is 3.49. The number of carbonyl (C=O) groups is 1. The second-order valence-corrected chi connectivity index (χ2v) is 5.38. The third-order valence-corrected chi connectivity index (χ3v) is 3.39. The van der Waals surface area contributed by atoms with E-state index in [0.29, 0.717) is 17.7 Å². The monoisotopic (exact) mass is 286 g/mol. The molecule has 0 spiro atoms. The molecule has 1 unspecified atom stereocenters. The molecule has 1 aliphatic heterocycles. The standard InChI is InChI=1S/C14H17F3N2O/c1-8(2)19-7-12(18-13(19)20)10-4-9(3)5-11(6-10)14(15,16)17/h4-6,8,12H,7H2,1-3H3,(H,18,20). The first kappa shape index (κ1) is 14.7. The Hall–Kier alpha value is -1.72. The van der Waals surface area contributed by atoms with Gasteiger partial charge < -0.3 is 10.2 Å². The molecule has 110 valence electrons. The van der Waals surface area contributed by atoms with Crippen LogP contribution in [0.5, 0.6) is 0 Å². The van der Waals surface area contributed by atoms with Crippen molar-refractivity contribution in [3.63, 3.8) is 0 Å². The van der Waals surface area contributed by atoms with E-state index in [2.05, 4.69) is 5.32 Å². The van der Waals surface area contributed by atoms with Gasteiger partial charge in [-0.15, -0.1) is 0 Å². The highest BCUT2D eigenvalue weighted by Gasteiger charge is 2.34. The first-order valence-electron chi connectivity index (χ1n) is 6.44. The first-order chi connectivity index (χ1) is 9.18. The average molecular weight is 286 g/mol. The van der Waals surface area contributed by atoms with Gasteiger partial charge in [0, 0.05) is 12.6 Å². The van der Waals surface area contributed by atoms with Crippen molar-refractivity contribution in [2.75, 3.05) is 6.54 Å². The van der Waals surface area contributed by atoms with Crippen LogP contribution in [0.1, 0.15) is 36.6 Å². The topological polar surface area (TPSA) is 32.3 Å². The normalized spacial score (nSPS) is 19.6. The molecule has 1 fully saturated rings. The van der Waals surface area contributed by atoms with Crippen molar-refractivity contribution in [1.29, 1.82) is 0 Å². The van der Waals surface area contributed by atoms with Crippen LogP contribution in [0.15, 0.2) is 18.2 Å². The van der Waals surface area contributed by atoms with Gasteiger partial charge in [-0.2, -0.15) is 13.2 Å².